The van der Waals surface area contributed by atoms with Crippen molar-refractivity contribution in [2.24, 2.45) is 5.10 Å². The van der Waals surface area contributed by atoms with E-state index < -0.39 is 27.5 Å². The van der Waals surface area contributed by atoms with Crippen LogP contribution in [0.4, 0.5) is 13.2 Å². The number of hydrogen-bond donors (Lipinski definition) is 1. The van der Waals surface area contributed by atoms with Gasteiger partial charge in [0.25, 0.3) is 5.91 Å². The minimum absolute atomic E-state index is 0.00772. The summed E-state index contributed by atoms with van der Waals surface area (Å²) in [4.78, 5) is 13.4. The molecule has 1 N–H and O–H groups in total. The third kappa shape index (κ3) is 5.60. The molecule has 0 bridgehead atoms. The maximum absolute atomic E-state index is 12.6. The van der Waals surface area contributed by atoms with Crippen molar-refractivity contribution < 1.29 is 26.4 Å². The molecule has 6 nitrogen and oxygen atoms in total. The second-order valence-electron chi connectivity index (χ2n) is 5.34. The van der Waals surface area contributed by atoms with E-state index in [0.29, 0.717) is 0 Å². The zero-order valence-electron chi connectivity index (χ0n) is 12.6. The summed E-state index contributed by atoms with van der Waals surface area (Å²) in [5, 5.41) is 3.62. The number of hydrogen-bond acceptors (Lipinski definition) is 5. The predicted molar refractivity (Wildman–Crippen MR) is 82.3 cm³/mol. The molecule has 0 atom stereocenters. The van der Waals surface area contributed by atoms with Crippen molar-refractivity contribution in [3.05, 3.63) is 35.4 Å². The number of benzene rings is 1. The Balaban J connectivity index is 1.85. The molecule has 0 aromatic heterocycles. The van der Waals surface area contributed by atoms with Crippen molar-refractivity contribution in [2.75, 3.05) is 31.1 Å². The number of carbonyl (C=O) groups excluding carboxylic acids is 1. The summed E-state index contributed by atoms with van der Waals surface area (Å²) < 4.78 is 60.3. The predicted octanol–water partition coefficient (Wildman–Crippen LogP) is 0.886. The first-order chi connectivity index (χ1) is 11.2. The molecule has 1 aromatic carbocycles. The van der Waals surface area contributed by atoms with Gasteiger partial charge in [0.15, 0.2) is 9.84 Å². The summed E-state index contributed by atoms with van der Waals surface area (Å²) in [6.07, 6.45) is -3.32. The minimum Gasteiger partial charge on any atom is -0.292 e. The Hall–Kier alpha value is -1.94. The van der Waals surface area contributed by atoms with Crippen LogP contribution in [0.5, 0.6) is 0 Å². The van der Waals surface area contributed by atoms with Crippen LogP contribution in [0.1, 0.15) is 11.1 Å². The van der Waals surface area contributed by atoms with Crippen LogP contribution in [0.2, 0.25) is 0 Å². The van der Waals surface area contributed by atoms with E-state index >= 15 is 0 Å². The molecule has 0 radical (unpaired) electrons. The first-order valence-corrected chi connectivity index (χ1v) is 8.90. The van der Waals surface area contributed by atoms with Crippen LogP contribution >= 0.6 is 0 Å². The Morgan fingerprint density at radius 3 is 2.58 bits per heavy atom. The lowest BCUT2D eigenvalue weighted by atomic mass is 10.1. The molecule has 24 heavy (non-hydrogen) atoms. The summed E-state index contributed by atoms with van der Waals surface area (Å²) in [5.74, 6) is -0.445. The van der Waals surface area contributed by atoms with E-state index in [2.05, 4.69) is 10.5 Å². The Bertz CT molecular complexity index is 718. The van der Waals surface area contributed by atoms with Gasteiger partial charge in [0.2, 0.25) is 0 Å². The van der Waals surface area contributed by atoms with E-state index in [-0.39, 0.29) is 36.7 Å². The van der Waals surface area contributed by atoms with Gasteiger partial charge in [0, 0.05) is 13.1 Å². The first-order valence-electron chi connectivity index (χ1n) is 7.08. The van der Waals surface area contributed by atoms with Gasteiger partial charge in [-0.3, -0.25) is 9.69 Å². The number of nitrogens with one attached hydrogen (secondary N) is 1. The average Bonchev–Trinajstić information content (AvgIpc) is 2.49. The van der Waals surface area contributed by atoms with Gasteiger partial charge in [-0.1, -0.05) is 12.1 Å². The fourth-order valence-corrected chi connectivity index (χ4v) is 3.40. The molecule has 1 fully saturated rings. The summed E-state index contributed by atoms with van der Waals surface area (Å²) in [7, 11) is -3.02. The van der Waals surface area contributed by atoms with E-state index in [1.54, 1.807) is 4.90 Å². The topological polar surface area (TPSA) is 78.8 Å². The molecule has 132 valence electrons. The highest BCUT2D eigenvalue weighted by Crippen LogP contribution is 2.29. The summed E-state index contributed by atoms with van der Waals surface area (Å²) in [5.41, 5.74) is 1.62. The highest BCUT2D eigenvalue weighted by Gasteiger charge is 2.30. The Labute approximate surface area is 137 Å². The van der Waals surface area contributed by atoms with Crippen LogP contribution in [0.3, 0.4) is 0 Å². The molecule has 10 heteroatoms. The zero-order valence-corrected chi connectivity index (χ0v) is 13.4. The molecule has 2 rings (SSSR count). The molecular formula is C14H16F3N3O3S. The second kappa shape index (κ2) is 7.31. The quantitative estimate of drug-likeness (QED) is 0.636. The molecule has 1 saturated heterocycles. The largest absolute Gasteiger partial charge is 0.416 e. The van der Waals surface area contributed by atoms with Crippen LogP contribution in [0.25, 0.3) is 0 Å². The number of sulfone groups is 1. The number of rotatable bonds is 4. The average molecular weight is 363 g/mol. The van der Waals surface area contributed by atoms with Gasteiger partial charge in [-0.15, -0.1) is 0 Å². The highest BCUT2D eigenvalue weighted by atomic mass is 32.2. The van der Waals surface area contributed by atoms with E-state index in [4.69, 9.17) is 0 Å². The lowest BCUT2D eigenvalue weighted by Gasteiger charge is -2.25. The maximum atomic E-state index is 12.6. The molecule has 1 amide bonds. The molecule has 0 aliphatic carbocycles. The molecule has 0 unspecified atom stereocenters. The monoisotopic (exact) mass is 363 g/mol. The van der Waals surface area contributed by atoms with Crippen molar-refractivity contribution in [3.63, 3.8) is 0 Å². The summed E-state index contributed by atoms with van der Waals surface area (Å²) in [6, 6.07) is 4.55. The van der Waals surface area contributed by atoms with Crippen LogP contribution < -0.4 is 5.43 Å². The van der Waals surface area contributed by atoms with Gasteiger partial charge in [0.1, 0.15) is 0 Å². The van der Waals surface area contributed by atoms with Crippen molar-refractivity contribution in [3.8, 4) is 0 Å². The summed E-state index contributed by atoms with van der Waals surface area (Å²) >= 11 is 0. The van der Waals surface area contributed by atoms with Crippen LogP contribution in [0.15, 0.2) is 29.4 Å². The lowest BCUT2D eigenvalue weighted by molar-refractivity contribution is -0.137. The van der Waals surface area contributed by atoms with Crippen LogP contribution in [0, 0.1) is 0 Å². The van der Waals surface area contributed by atoms with Crippen LogP contribution in [-0.2, 0) is 20.8 Å². The molecular weight excluding hydrogens is 347 g/mol. The Kier molecular flexibility index (Phi) is 5.60. The standard InChI is InChI=1S/C14H16F3N3O3S/c15-14(16,17)12-3-1-2-11(8-12)9-18-19-13(21)10-20-4-6-24(22,23)7-5-20/h1-3,8-9H,4-7,10H2,(H,19,21)/b18-9-. The van der Waals surface area contributed by atoms with E-state index in [9.17, 15) is 26.4 Å². The Morgan fingerprint density at radius 1 is 1.29 bits per heavy atom. The Morgan fingerprint density at radius 2 is 1.96 bits per heavy atom. The molecule has 1 heterocycles. The van der Waals surface area contributed by atoms with Gasteiger partial charge in [-0.2, -0.15) is 18.3 Å². The first kappa shape index (κ1) is 18.4. The number of nitrogens with zero attached hydrogens (tertiary/aromatic N) is 2. The second-order valence-corrected chi connectivity index (χ2v) is 7.65. The van der Waals surface area contributed by atoms with E-state index in [1.807, 2.05) is 0 Å². The normalized spacial score (nSPS) is 18.6. The zero-order chi connectivity index (χ0) is 17.8. The van der Waals surface area contributed by atoms with E-state index in [1.165, 1.54) is 12.1 Å². The fourth-order valence-electron chi connectivity index (χ4n) is 2.12. The molecule has 1 aliphatic rings. The number of amides is 1. The molecule has 1 aliphatic heterocycles. The maximum Gasteiger partial charge on any atom is 0.416 e. The number of carbonyl (C=O) groups is 1. The highest BCUT2D eigenvalue weighted by molar-refractivity contribution is 7.91. The molecule has 0 saturated carbocycles. The van der Waals surface area contributed by atoms with Crippen LogP contribution in [-0.4, -0.2) is 56.6 Å². The number of halogens is 3. The van der Waals surface area contributed by atoms with Gasteiger partial charge in [-0.05, 0) is 17.7 Å². The van der Waals surface area contributed by atoms with Crippen molar-refractivity contribution >= 4 is 22.0 Å². The van der Waals surface area contributed by atoms with Gasteiger partial charge >= 0.3 is 6.18 Å². The molecule has 0 spiro atoms. The SMILES string of the molecule is O=C(CN1CCS(=O)(=O)CC1)N/N=C\c1cccc(C(F)(F)F)c1. The lowest BCUT2D eigenvalue weighted by Crippen LogP contribution is -2.44. The summed E-state index contributed by atoms with van der Waals surface area (Å²) in [6.45, 7) is 0.523. The van der Waals surface area contributed by atoms with Crippen molar-refractivity contribution in [1.82, 2.24) is 10.3 Å². The smallest absolute Gasteiger partial charge is 0.292 e. The number of hydrazone groups is 1. The third-order valence-electron chi connectivity index (χ3n) is 3.42. The number of alkyl halides is 3. The van der Waals surface area contributed by atoms with Gasteiger partial charge in [0.05, 0.1) is 29.8 Å². The van der Waals surface area contributed by atoms with Crippen molar-refractivity contribution in [2.45, 2.75) is 6.18 Å². The third-order valence-corrected chi connectivity index (χ3v) is 5.03. The molecule has 1 aromatic rings. The van der Waals surface area contributed by atoms with Gasteiger partial charge < -0.3 is 0 Å². The minimum atomic E-state index is -4.44. The van der Waals surface area contributed by atoms with Gasteiger partial charge in [-0.25, -0.2) is 13.8 Å². The fraction of sp³-hybridized carbons (Fsp3) is 0.429. The van der Waals surface area contributed by atoms with E-state index in [0.717, 1.165) is 18.3 Å². The van der Waals surface area contributed by atoms with Crippen molar-refractivity contribution in [1.29, 1.82) is 0 Å².